The maximum atomic E-state index is 13.0. The molecule has 1 amide bonds. The van der Waals surface area contributed by atoms with Crippen molar-refractivity contribution in [3.05, 3.63) is 76.3 Å². The number of benzene rings is 2. The second-order valence-electron chi connectivity index (χ2n) is 10.2. The van der Waals surface area contributed by atoms with Crippen molar-refractivity contribution < 1.29 is 18.0 Å². The van der Waals surface area contributed by atoms with Crippen molar-refractivity contribution in [1.29, 1.82) is 0 Å². The van der Waals surface area contributed by atoms with Gasteiger partial charge in [-0.05, 0) is 59.9 Å². The number of amides is 1. The van der Waals surface area contributed by atoms with E-state index in [-0.39, 0.29) is 16.2 Å². The van der Waals surface area contributed by atoms with Gasteiger partial charge in [-0.3, -0.25) is 20.0 Å². The number of hydrogen-bond acceptors (Lipinski definition) is 7. The fourth-order valence-electron chi connectivity index (χ4n) is 5.46. The molecular weight excluding hydrogens is 544 g/mol. The first-order valence-corrected chi connectivity index (χ1v) is 15.4. The van der Waals surface area contributed by atoms with Crippen molar-refractivity contribution in [3.8, 4) is 0 Å². The average Bonchev–Trinajstić information content (AvgIpc) is 3.65. The van der Waals surface area contributed by atoms with Crippen molar-refractivity contribution in [2.24, 2.45) is 0 Å². The Hall–Kier alpha value is -2.47. The number of fused-ring (bicyclic) bond motifs is 1. The van der Waals surface area contributed by atoms with Gasteiger partial charge in [-0.25, -0.2) is 8.42 Å². The van der Waals surface area contributed by atoms with E-state index in [4.69, 9.17) is 16.4 Å². The lowest BCUT2D eigenvalue weighted by Gasteiger charge is -2.35. The summed E-state index contributed by atoms with van der Waals surface area (Å²) in [6.07, 6.45) is 3.62. The Morgan fingerprint density at radius 2 is 1.89 bits per heavy atom. The number of piperidine rings is 1. The van der Waals surface area contributed by atoms with Gasteiger partial charge in [-0.1, -0.05) is 48.0 Å². The van der Waals surface area contributed by atoms with E-state index in [0.717, 1.165) is 37.4 Å². The highest BCUT2D eigenvalue weighted by Crippen LogP contribution is 2.35. The van der Waals surface area contributed by atoms with Crippen molar-refractivity contribution >= 4 is 49.6 Å². The van der Waals surface area contributed by atoms with E-state index < -0.39 is 15.6 Å². The molecule has 3 aliphatic heterocycles. The molecule has 1 unspecified atom stereocenters. The molecule has 1 spiro atoms. The first-order valence-electron chi connectivity index (χ1n) is 12.7. The van der Waals surface area contributed by atoms with Gasteiger partial charge in [0.05, 0.1) is 4.34 Å². The lowest BCUT2D eigenvalue weighted by Crippen LogP contribution is -2.46. The largest absolute Gasteiger partial charge is 0.347 e. The fourth-order valence-corrected chi connectivity index (χ4v) is 8.54. The summed E-state index contributed by atoms with van der Waals surface area (Å²) in [6, 6.07) is 18.1. The third-order valence-corrected chi connectivity index (χ3v) is 11.2. The number of nitrogens with zero attached hydrogens (tertiary/aromatic N) is 2. The number of hydrogen-bond donors (Lipinski definition) is 2. The number of thiophene rings is 1. The molecule has 1 atom stereocenters. The molecule has 2 aromatic carbocycles. The number of sulfonamides is 1. The van der Waals surface area contributed by atoms with E-state index in [1.54, 1.807) is 6.07 Å². The fraction of sp³-hybridized carbons (Fsp3) is 0.370. The number of carbonyl (C=O) groups excluding carboxylic acids is 1. The number of nitrogens with one attached hydrogen (secondary N) is 2. The highest BCUT2D eigenvalue weighted by atomic mass is 35.5. The number of carbonyl (C=O) groups is 1. The molecule has 200 valence electrons. The van der Waals surface area contributed by atoms with Crippen LogP contribution in [0.2, 0.25) is 4.34 Å². The standard InChI is InChI=1S/C27H29ClN4O4S2/c28-24-7-8-25(37-24)38(34,35)32-13-10-27(11-14-32)16-23(30-36-27)26(33)29-22-9-12-31(18-22)17-19-5-6-20-3-1-2-4-21(20)15-19/h1-8,15-16,22,30H,9-14,17-18H2,(H,29,33). The van der Waals surface area contributed by atoms with Crippen LogP contribution < -0.4 is 10.8 Å². The SMILES string of the molecule is O=C(NC1CCN(Cc2ccc3ccccc3c2)C1)C1=CC2(CCN(S(=O)(=O)c3ccc(Cl)s3)CC2)ON1. The van der Waals surface area contributed by atoms with Crippen molar-refractivity contribution in [1.82, 2.24) is 20.0 Å². The molecule has 0 bridgehead atoms. The van der Waals surface area contributed by atoms with Gasteiger partial charge in [-0.2, -0.15) is 4.31 Å². The molecule has 38 heavy (non-hydrogen) atoms. The van der Waals surface area contributed by atoms with E-state index >= 15 is 0 Å². The Labute approximate surface area is 231 Å². The van der Waals surface area contributed by atoms with Crippen LogP contribution in [0.25, 0.3) is 10.8 Å². The minimum atomic E-state index is -3.59. The predicted molar refractivity (Wildman–Crippen MR) is 148 cm³/mol. The highest BCUT2D eigenvalue weighted by molar-refractivity contribution is 7.91. The molecular formula is C27H29ClN4O4S2. The van der Waals surface area contributed by atoms with Crippen LogP contribution in [0.3, 0.4) is 0 Å². The third-order valence-electron chi connectivity index (χ3n) is 7.56. The van der Waals surface area contributed by atoms with Crippen molar-refractivity contribution in [3.63, 3.8) is 0 Å². The molecule has 3 aromatic rings. The lowest BCUT2D eigenvalue weighted by atomic mass is 9.92. The van der Waals surface area contributed by atoms with Crippen LogP contribution in [0.15, 0.2) is 70.6 Å². The van der Waals surface area contributed by atoms with E-state index in [1.165, 1.54) is 26.7 Å². The Kier molecular flexibility index (Phi) is 6.96. The Balaban J connectivity index is 1.02. The maximum absolute atomic E-state index is 13.0. The number of halogens is 1. The summed E-state index contributed by atoms with van der Waals surface area (Å²) in [7, 11) is -3.59. The first kappa shape index (κ1) is 25.8. The molecule has 2 saturated heterocycles. The minimum Gasteiger partial charge on any atom is -0.347 e. The van der Waals surface area contributed by atoms with Crippen LogP contribution in [0, 0.1) is 0 Å². The van der Waals surface area contributed by atoms with Gasteiger partial charge >= 0.3 is 0 Å². The molecule has 11 heteroatoms. The number of rotatable bonds is 6. The Morgan fingerprint density at radius 3 is 2.66 bits per heavy atom. The summed E-state index contributed by atoms with van der Waals surface area (Å²) in [6.45, 7) is 3.16. The highest BCUT2D eigenvalue weighted by Gasteiger charge is 2.43. The first-order chi connectivity index (χ1) is 18.3. The number of likely N-dealkylation sites (tertiary alicyclic amines) is 1. The minimum absolute atomic E-state index is 0.0619. The van der Waals surface area contributed by atoms with E-state index in [9.17, 15) is 13.2 Å². The van der Waals surface area contributed by atoms with Crippen molar-refractivity contribution in [2.45, 2.75) is 41.7 Å². The molecule has 4 heterocycles. The van der Waals surface area contributed by atoms with Gasteiger partial charge in [0.2, 0.25) is 0 Å². The molecule has 0 saturated carbocycles. The normalized spacial score (nSPS) is 22.0. The molecule has 1 aromatic heterocycles. The Bertz CT molecular complexity index is 1500. The van der Waals surface area contributed by atoms with Gasteiger partial charge < -0.3 is 5.32 Å². The topological polar surface area (TPSA) is 91.0 Å². The van der Waals surface area contributed by atoms with Gasteiger partial charge in [-0.15, -0.1) is 11.3 Å². The van der Waals surface area contributed by atoms with Crippen LogP contribution in [0.1, 0.15) is 24.8 Å². The zero-order valence-corrected chi connectivity index (χ0v) is 23.1. The average molecular weight is 573 g/mol. The quantitative estimate of drug-likeness (QED) is 0.466. The summed E-state index contributed by atoms with van der Waals surface area (Å²) in [5.41, 5.74) is 3.76. The van der Waals surface area contributed by atoms with Gasteiger partial charge in [0.1, 0.15) is 15.5 Å². The summed E-state index contributed by atoms with van der Waals surface area (Å²) in [5, 5.41) is 5.61. The second kappa shape index (κ2) is 10.3. The molecule has 6 rings (SSSR count). The molecule has 2 fully saturated rings. The van der Waals surface area contributed by atoms with Crippen LogP contribution in [0.4, 0.5) is 0 Å². The van der Waals surface area contributed by atoms with E-state index in [0.29, 0.717) is 36.0 Å². The second-order valence-corrected chi connectivity index (χ2v) is 14.0. The smallest absolute Gasteiger partial charge is 0.269 e. The Morgan fingerprint density at radius 1 is 1.11 bits per heavy atom. The van der Waals surface area contributed by atoms with Gasteiger partial charge in [0.15, 0.2) is 0 Å². The summed E-state index contributed by atoms with van der Waals surface area (Å²) >= 11 is 6.99. The molecule has 0 radical (unpaired) electrons. The third kappa shape index (κ3) is 5.21. The monoisotopic (exact) mass is 572 g/mol. The van der Waals surface area contributed by atoms with Crippen molar-refractivity contribution in [2.75, 3.05) is 26.2 Å². The van der Waals surface area contributed by atoms with Gasteiger partial charge in [0, 0.05) is 38.8 Å². The van der Waals surface area contributed by atoms with E-state index in [2.05, 4.69) is 52.1 Å². The maximum Gasteiger partial charge on any atom is 0.269 e. The summed E-state index contributed by atoms with van der Waals surface area (Å²) in [4.78, 5) is 21.2. The van der Waals surface area contributed by atoms with Crippen LogP contribution in [0.5, 0.6) is 0 Å². The zero-order chi connectivity index (χ0) is 26.3. The zero-order valence-electron chi connectivity index (χ0n) is 20.7. The van der Waals surface area contributed by atoms with Crippen LogP contribution in [-0.4, -0.2) is 61.4 Å². The lowest BCUT2D eigenvalue weighted by molar-refractivity contribution is -0.120. The summed E-state index contributed by atoms with van der Waals surface area (Å²) < 4.78 is 28.0. The van der Waals surface area contributed by atoms with Gasteiger partial charge in [0.25, 0.3) is 15.9 Å². The summed E-state index contributed by atoms with van der Waals surface area (Å²) in [5.74, 6) is -0.192. The van der Waals surface area contributed by atoms with E-state index in [1.807, 2.05) is 12.1 Å². The molecule has 0 aliphatic carbocycles. The predicted octanol–water partition coefficient (Wildman–Crippen LogP) is 3.89. The molecule has 3 aliphatic rings. The molecule has 8 nitrogen and oxygen atoms in total. The molecule has 2 N–H and O–H groups in total. The van der Waals surface area contributed by atoms with Crippen LogP contribution >= 0.6 is 22.9 Å². The number of hydroxylamine groups is 1. The van der Waals surface area contributed by atoms with Crippen LogP contribution in [-0.2, 0) is 26.2 Å².